The normalized spacial score (nSPS) is 12.2. The van der Waals surface area contributed by atoms with Gasteiger partial charge in [-0.25, -0.2) is 4.79 Å². The molecule has 0 fully saturated rings. The molecule has 1 aromatic heterocycles. The van der Waals surface area contributed by atoms with E-state index in [1.54, 1.807) is 12.1 Å². The van der Waals surface area contributed by atoms with Crippen LogP contribution >= 0.6 is 0 Å². The highest BCUT2D eigenvalue weighted by atomic mass is 16.5. The van der Waals surface area contributed by atoms with Crippen LogP contribution in [0.3, 0.4) is 0 Å². The summed E-state index contributed by atoms with van der Waals surface area (Å²) in [5.41, 5.74) is 3.53. The minimum atomic E-state index is -0.466. The monoisotopic (exact) mass is 273 g/mol. The smallest absolute Gasteiger partial charge is 0.373 e. The number of ether oxygens (including phenoxy) is 1. The number of hydrogen-bond donors (Lipinski definition) is 1. The molecule has 1 aromatic carbocycles. The lowest BCUT2D eigenvalue weighted by atomic mass is 9.98. The average molecular weight is 273 g/mol. The van der Waals surface area contributed by atoms with Crippen LogP contribution in [0.2, 0.25) is 0 Å². The quantitative estimate of drug-likeness (QED) is 0.870. The van der Waals surface area contributed by atoms with E-state index in [0.717, 1.165) is 5.56 Å². The molecule has 0 aliphatic heterocycles. The molecule has 1 atom stereocenters. The Bertz CT molecular complexity index is 616. The van der Waals surface area contributed by atoms with E-state index in [0.29, 0.717) is 5.76 Å². The molecule has 0 aliphatic carbocycles. The molecule has 106 valence electrons. The van der Waals surface area contributed by atoms with Crippen LogP contribution < -0.4 is 5.32 Å². The van der Waals surface area contributed by atoms with E-state index >= 15 is 0 Å². The van der Waals surface area contributed by atoms with Crippen LogP contribution in [-0.2, 0) is 4.74 Å². The Balaban J connectivity index is 2.37. The summed E-state index contributed by atoms with van der Waals surface area (Å²) >= 11 is 0. The van der Waals surface area contributed by atoms with Crippen LogP contribution in [0.25, 0.3) is 0 Å². The Hall–Kier alpha value is -2.07. The minimum Gasteiger partial charge on any atom is -0.463 e. The molecule has 0 saturated heterocycles. The molecular formula is C16H19NO3. The molecule has 1 N–H and O–H groups in total. The number of esters is 1. The zero-order chi connectivity index (χ0) is 14.7. The van der Waals surface area contributed by atoms with Gasteiger partial charge in [0, 0.05) is 0 Å². The van der Waals surface area contributed by atoms with E-state index in [1.807, 2.05) is 7.05 Å². The first-order chi connectivity index (χ1) is 9.56. The number of carbonyl (C=O) groups excluding carboxylic acids is 1. The van der Waals surface area contributed by atoms with Gasteiger partial charge in [0.25, 0.3) is 0 Å². The standard InChI is InChI=1S/C16H19NO3/c1-10-5-6-12(11(2)9-10)15(17-3)13-7-8-14(20-13)16(18)19-4/h5-9,15,17H,1-4H3. The Morgan fingerprint density at radius 1 is 1.25 bits per heavy atom. The second-order valence-electron chi connectivity index (χ2n) is 4.78. The van der Waals surface area contributed by atoms with E-state index in [4.69, 9.17) is 4.42 Å². The fraction of sp³-hybridized carbons (Fsp3) is 0.312. The zero-order valence-corrected chi connectivity index (χ0v) is 12.2. The summed E-state index contributed by atoms with van der Waals surface area (Å²) < 4.78 is 10.2. The maximum atomic E-state index is 11.4. The van der Waals surface area contributed by atoms with Crippen molar-refractivity contribution in [3.63, 3.8) is 0 Å². The lowest BCUT2D eigenvalue weighted by Crippen LogP contribution is -2.18. The molecule has 0 aliphatic rings. The number of nitrogens with one attached hydrogen (secondary N) is 1. The number of benzene rings is 1. The minimum absolute atomic E-state index is 0.0889. The van der Waals surface area contributed by atoms with E-state index in [1.165, 1.54) is 18.2 Å². The fourth-order valence-electron chi connectivity index (χ4n) is 2.32. The number of rotatable bonds is 4. The molecule has 4 nitrogen and oxygen atoms in total. The predicted molar refractivity (Wildman–Crippen MR) is 76.9 cm³/mol. The molecular weight excluding hydrogens is 254 g/mol. The molecule has 0 radical (unpaired) electrons. The highest BCUT2D eigenvalue weighted by molar-refractivity contribution is 5.86. The highest BCUT2D eigenvalue weighted by Gasteiger charge is 2.20. The first-order valence-electron chi connectivity index (χ1n) is 6.49. The van der Waals surface area contributed by atoms with Crippen LogP contribution in [0.4, 0.5) is 0 Å². The van der Waals surface area contributed by atoms with Crippen molar-refractivity contribution in [2.75, 3.05) is 14.2 Å². The second kappa shape index (κ2) is 5.92. The van der Waals surface area contributed by atoms with Crippen molar-refractivity contribution in [3.8, 4) is 0 Å². The molecule has 4 heteroatoms. The maximum absolute atomic E-state index is 11.4. The summed E-state index contributed by atoms with van der Waals surface area (Å²) in [5, 5.41) is 3.22. The molecule has 1 heterocycles. The fourth-order valence-corrected chi connectivity index (χ4v) is 2.32. The van der Waals surface area contributed by atoms with E-state index < -0.39 is 5.97 Å². The molecule has 20 heavy (non-hydrogen) atoms. The molecule has 1 unspecified atom stereocenters. The number of carbonyl (C=O) groups is 1. The first-order valence-corrected chi connectivity index (χ1v) is 6.49. The first kappa shape index (κ1) is 14.3. The van der Waals surface area contributed by atoms with Gasteiger partial charge < -0.3 is 14.5 Å². The Morgan fingerprint density at radius 2 is 2.00 bits per heavy atom. The summed E-state index contributed by atoms with van der Waals surface area (Å²) in [6, 6.07) is 9.61. The van der Waals surface area contributed by atoms with Crippen molar-refractivity contribution in [3.05, 3.63) is 58.5 Å². The lowest BCUT2D eigenvalue weighted by Gasteiger charge is -2.17. The Morgan fingerprint density at radius 3 is 2.60 bits per heavy atom. The van der Waals surface area contributed by atoms with Crippen molar-refractivity contribution < 1.29 is 13.9 Å². The van der Waals surface area contributed by atoms with Crippen molar-refractivity contribution in [1.82, 2.24) is 5.32 Å². The van der Waals surface area contributed by atoms with Crippen LogP contribution in [-0.4, -0.2) is 20.1 Å². The average Bonchev–Trinajstić information content (AvgIpc) is 2.90. The second-order valence-corrected chi connectivity index (χ2v) is 4.78. The van der Waals surface area contributed by atoms with Gasteiger partial charge in [-0.15, -0.1) is 0 Å². The molecule has 0 spiro atoms. The number of aryl methyl sites for hydroxylation is 2. The van der Waals surface area contributed by atoms with Crippen LogP contribution in [0, 0.1) is 13.8 Å². The summed E-state index contributed by atoms with van der Waals surface area (Å²) in [7, 11) is 3.20. The number of methoxy groups -OCH3 is 1. The Kier molecular flexibility index (Phi) is 4.25. The Labute approximate surface area is 118 Å². The molecule has 0 amide bonds. The summed E-state index contributed by atoms with van der Waals surface area (Å²) in [6.07, 6.45) is 0. The van der Waals surface area contributed by atoms with Crippen molar-refractivity contribution in [1.29, 1.82) is 0 Å². The third kappa shape index (κ3) is 2.75. The third-order valence-electron chi connectivity index (χ3n) is 3.32. The van der Waals surface area contributed by atoms with E-state index in [2.05, 4.69) is 42.1 Å². The van der Waals surface area contributed by atoms with Gasteiger partial charge >= 0.3 is 5.97 Å². The molecule has 2 rings (SSSR count). The van der Waals surface area contributed by atoms with Gasteiger partial charge in [0.05, 0.1) is 13.2 Å². The van der Waals surface area contributed by atoms with Crippen molar-refractivity contribution in [2.24, 2.45) is 0 Å². The molecule has 0 saturated carbocycles. The zero-order valence-electron chi connectivity index (χ0n) is 12.2. The highest BCUT2D eigenvalue weighted by Crippen LogP contribution is 2.27. The topological polar surface area (TPSA) is 51.5 Å². The van der Waals surface area contributed by atoms with E-state index in [9.17, 15) is 4.79 Å². The van der Waals surface area contributed by atoms with Crippen LogP contribution in [0.15, 0.2) is 34.7 Å². The van der Waals surface area contributed by atoms with Crippen LogP contribution in [0.1, 0.15) is 39.0 Å². The molecule has 2 aromatic rings. The summed E-state index contributed by atoms with van der Waals surface area (Å²) in [4.78, 5) is 11.4. The summed E-state index contributed by atoms with van der Waals surface area (Å²) in [5.74, 6) is 0.444. The maximum Gasteiger partial charge on any atom is 0.373 e. The van der Waals surface area contributed by atoms with Gasteiger partial charge in [0.15, 0.2) is 0 Å². The molecule has 0 bridgehead atoms. The van der Waals surface area contributed by atoms with Gasteiger partial charge in [0.2, 0.25) is 5.76 Å². The third-order valence-corrected chi connectivity index (χ3v) is 3.32. The van der Waals surface area contributed by atoms with Gasteiger partial charge in [-0.05, 0) is 44.2 Å². The van der Waals surface area contributed by atoms with Crippen molar-refractivity contribution >= 4 is 5.97 Å². The van der Waals surface area contributed by atoms with Gasteiger partial charge in [-0.1, -0.05) is 23.8 Å². The van der Waals surface area contributed by atoms with Gasteiger partial charge in [0.1, 0.15) is 5.76 Å². The number of furan rings is 1. The van der Waals surface area contributed by atoms with Crippen LogP contribution in [0.5, 0.6) is 0 Å². The largest absolute Gasteiger partial charge is 0.463 e. The van der Waals surface area contributed by atoms with Crippen molar-refractivity contribution in [2.45, 2.75) is 19.9 Å². The van der Waals surface area contributed by atoms with Gasteiger partial charge in [-0.3, -0.25) is 0 Å². The lowest BCUT2D eigenvalue weighted by molar-refractivity contribution is 0.0562. The van der Waals surface area contributed by atoms with Gasteiger partial charge in [-0.2, -0.15) is 0 Å². The SMILES string of the molecule is CNC(c1ccc(C(=O)OC)o1)c1ccc(C)cc1C. The summed E-state index contributed by atoms with van der Waals surface area (Å²) in [6.45, 7) is 4.13. The predicted octanol–water partition coefficient (Wildman–Crippen LogP) is 2.99. The van der Waals surface area contributed by atoms with E-state index in [-0.39, 0.29) is 11.8 Å². The number of hydrogen-bond acceptors (Lipinski definition) is 4.